The molecule has 2 amide bonds. The fourth-order valence-corrected chi connectivity index (χ4v) is 1.89. The van der Waals surface area contributed by atoms with Crippen LogP contribution in [-0.4, -0.2) is 23.4 Å². The molecule has 1 aromatic rings. The molecule has 0 radical (unpaired) electrons. The van der Waals surface area contributed by atoms with Gasteiger partial charge in [0.1, 0.15) is 0 Å². The highest BCUT2D eigenvalue weighted by Gasteiger charge is 2.46. The van der Waals surface area contributed by atoms with Crippen LogP contribution in [0.1, 0.15) is 36.0 Å². The van der Waals surface area contributed by atoms with Crippen LogP contribution >= 0.6 is 0 Å². The fraction of sp³-hybridized carbons (Fsp3) is 0.429. The molecule has 19 heavy (non-hydrogen) atoms. The van der Waals surface area contributed by atoms with E-state index in [1.165, 1.54) is 0 Å². The predicted octanol–water partition coefficient (Wildman–Crippen LogP) is 1.01. The summed E-state index contributed by atoms with van der Waals surface area (Å²) >= 11 is 0. The SMILES string of the molecule is NC1(C(=O)Nc2ccccc2C(=O)NC2CC2)CC1. The lowest BCUT2D eigenvalue weighted by atomic mass is 10.1. The van der Waals surface area contributed by atoms with Crippen molar-refractivity contribution in [1.82, 2.24) is 5.32 Å². The zero-order chi connectivity index (χ0) is 13.5. The van der Waals surface area contributed by atoms with Crippen LogP contribution in [0.4, 0.5) is 5.69 Å². The van der Waals surface area contributed by atoms with Gasteiger partial charge in [-0.25, -0.2) is 0 Å². The minimum Gasteiger partial charge on any atom is -0.349 e. The van der Waals surface area contributed by atoms with Crippen LogP contribution in [0.25, 0.3) is 0 Å². The van der Waals surface area contributed by atoms with Crippen molar-refractivity contribution in [2.45, 2.75) is 37.3 Å². The summed E-state index contributed by atoms with van der Waals surface area (Å²) in [5, 5.41) is 5.68. The van der Waals surface area contributed by atoms with Gasteiger partial charge >= 0.3 is 0 Å². The van der Waals surface area contributed by atoms with Crippen LogP contribution in [0.3, 0.4) is 0 Å². The Hall–Kier alpha value is -1.88. The van der Waals surface area contributed by atoms with E-state index in [0.29, 0.717) is 30.1 Å². The van der Waals surface area contributed by atoms with Crippen molar-refractivity contribution in [1.29, 1.82) is 0 Å². The molecule has 0 unspecified atom stereocenters. The molecule has 0 aliphatic heterocycles. The van der Waals surface area contributed by atoms with Crippen molar-refractivity contribution in [3.8, 4) is 0 Å². The second-order valence-corrected chi connectivity index (χ2v) is 5.40. The lowest BCUT2D eigenvalue weighted by Crippen LogP contribution is -2.38. The second kappa shape index (κ2) is 4.35. The number of hydrogen-bond acceptors (Lipinski definition) is 3. The lowest BCUT2D eigenvalue weighted by molar-refractivity contribution is -0.118. The first kappa shape index (κ1) is 12.2. The van der Waals surface area contributed by atoms with Crippen LogP contribution in [0.15, 0.2) is 24.3 Å². The number of anilines is 1. The molecule has 5 heteroatoms. The number of nitrogens with one attached hydrogen (secondary N) is 2. The van der Waals surface area contributed by atoms with Gasteiger partial charge in [-0.2, -0.15) is 0 Å². The van der Waals surface area contributed by atoms with Crippen LogP contribution in [0.5, 0.6) is 0 Å². The summed E-state index contributed by atoms with van der Waals surface area (Å²) in [5.41, 5.74) is 6.13. The standard InChI is InChI=1S/C14H17N3O2/c15-14(7-8-14)13(19)17-11-4-2-1-3-10(11)12(18)16-9-5-6-9/h1-4,9H,5-8,15H2,(H,16,18)(H,17,19). The lowest BCUT2D eigenvalue weighted by Gasteiger charge is -2.13. The Morgan fingerprint density at radius 2 is 1.89 bits per heavy atom. The van der Waals surface area contributed by atoms with E-state index in [0.717, 1.165) is 12.8 Å². The summed E-state index contributed by atoms with van der Waals surface area (Å²) in [6.45, 7) is 0. The summed E-state index contributed by atoms with van der Waals surface area (Å²) in [6, 6.07) is 7.31. The van der Waals surface area contributed by atoms with E-state index >= 15 is 0 Å². The maximum absolute atomic E-state index is 12.1. The minimum atomic E-state index is -0.736. The summed E-state index contributed by atoms with van der Waals surface area (Å²) in [4.78, 5) is 24.0. The maximum Gasteiger partial charge on any atom is 0.253 e. The van der Waals surface area contributed by atoms with Crippen molar-refractivity contribution in [2.24, 2.45) is 5.73 Å². The van der Waals surface area contributed by atoms with E-state index < -0.39 is 5.54 Å². The molecular weight excluding hydrogens is 242 g/mol. The molecule has 0 atom stereocenters. The third kappa shape index (κ3) is 2.61. The molecule has 3 rings (SSSR count). The number of benzene rings is 1. The first-order valence-electron chi connectivity index (χ1n) is 6.59. The minimum absolute atomic E-state index is 0.139. The normalized spacial score (nSPS) is 19.6. The number of amides is 2. The van der Waals surface area contributed by atoms with Gasteiger partial charge in [0, 0.05) is 6.04 Å². The molecule has 0 aromatic heterocycles. The predicted molar refractivity (Wildman–Crippen MR) is 71.7 cm³/mol. The molecule has 2 aliphatic rings. The van der Waals surface area contributed by atoms with Crippen molar-refractivity contribution in [3.63, 3.8) is 0 Å². The highest BCUT2D eigenvalue weighted by atomic mass is 16.2. The molecule has 0 bridgehead atoms. The number of rotatable bonds is 4. The van der Waals surface area contributed by atoms with Gasteiger partial charge < -0.3 is 16.4 Å². The number of para-hydroxylation sites is 1. The van der Waals surface area contributed by atoms with Gasteiger partial charge in [0.05, 0.1) is 16.8 Å². The van der Waals surface area contributed by atoms with E-state index in [2.05, 4.69) is 10.6 Å². The monoisotopic (exact) mass is 259 g/mol. The van der Waals surface area contributed by atoms with E-state index in [9.17, 15) is 9.59 Å². The molecule has 5 nitrogen and oxygen atoms in total. The van der Waals surface area contributed by atoms with Crippen molar-refractivity contribution in [3.05, 3.63) is 29.8 Å². The van der Waals surface area contributed by atoms with Crippen LogP contribution in [-0.2, 0) is 4.79 Å². The molecule has 4 N–H and O–H groups in total. The summed E-state index contributed by atoms with van der Waals surface area (Å²) in [6.07, 6.45) is 3.48. The molecule has 2 fully saturated rings. The first-order chi connectivity index (χ1) is 9.08. The smallest absolute Gasteiger partial charge is 0.253 e. The topological polar surface area (TPSA) is 84.2 Å². The van der Waals surface area contributed by atoms with Crippen LogP contribution in [0.2, 0.25) is 0 Å². The van der Waals surface area contributed by atoms with E-state index in [4.69, 9.17) is 5.73 Å². The Morgan fingerprint density at radius 3 is 2.53 bits per heavy atom. The largest absolute Gasteiger partial charge is 0.349 e. The molecule has 0 heterocycles. The highest BCUT2D eigenvalue weighted by Crippen LogP contribution is 2.33. The van der Waals surface area contributed by atoms with Crippen LogP contribution < -0.4 is 16.4 Å². The quantitative estimate of drug-likeness (QED) is 0.754. The Labute approximate surface area is 111 Å². The van der Waals surface area contributed by atoms with Gasteiger partial charge in [0.25, 0.3) is 5.91 Å². The number of carbonyl (C=O) groups excluding carboxylic acids is 2. The summed E-state index contributed by atoms with van der Waals surface area (Å²) in [7, 11) is 0. The zero-order valence-electron chi connectivity index (χ0n) is 10.6. The van der Waals surface area contributed by atoms with Gasteiger partial charge in [-0.1, -0.05) is 12.1 Å². The number of hydrogen-bond donors (Lipinski definition) is 3. The van der Waals surface area contributed by atoms with Crippen molar-refractivity contribution in [2.75, 3.05) is 5.32 Å². The van der Waals surface area contributed by atoms with Gasteiger partial charge in [-0.3, -0.25) is 9.59 Å². The van der Waals surface area contributed by atoms with Crippen molar-refractivity contribution >= 4 is 17.5 Å². The molecule has 2 aliphatic carbocycles. The zero-order valence-corrected chi connectivity index (χ0v) is 10.6. The second-order valence-electron chi connectivity index (χ2n) is 5.40. The Bertz CT molecular complexity index is 533. The average molecular weight is 259 g/mol. The van der Waals surface area contributed by atoms with Gasteiger partial charge in [-0.15, -0.1) is 0 Å². The number of nitrogens with two attached hydrogens (primary N) is 1. The third-order valence-electron chi connectivity index (χ3n) is 3.57. The maximum atomic E-state index is 12.1. The van der Waals surface area contributed by atoms with Crippen molar-refractivity contribution < 1.29 is 9.59 Å². The first-order valence-corrected chi connectivity index (χ1v) is 6.59. The highest BCUT2D eigenvalue weighted by molar-refractivity contribution is 6.06. The summed E-state index contributed by atoms with van der Waals surface area (Å²) < 4.78 is 0. The number of carbonyl (C=O) groups is 2. The third-order valence-corrected chi connectivity index (χ3v) is 3.57. The van der Waals surface area contributed by atoms with E-state index in [-0.39, 0.29) is 11.8 Å². The molecular formula is C14H17N3O2. The van der Waals surface area contributed by atoms with Gasteiger partial charge in [0.15, 0.2) is 0 Å². The van der Waals surface area contributed by atoms with E-state index in [1.54, 1.807) is 24.3 Å². The molecule has 1 aromatic carbocycles. The fourth-order valence-electron chi connectivity index (χ4n) is 1.89. The Kier molecular flexibility index (Phi) is 2.78. The van der Waals surface area contributed by atoms with Crippen LogP contribution in [0, 0.1) is 0 Å². The molecule has 0 saturated heterocycles. The average Bonchev–Trinajstić information content (AvgIpc) is 3.29. The summed E-state index contributed by atoms with van der Waals surface area (Å²) in [5.74, 6) is -0.348. The Balaban J connectivity index is 1.76. The molecule has 100 valence electrons. The van der Waals surface area contributed by atoms with E-state index in [1.807, 2.05) is 0 Å². The Morgan fingerprint density at radius 1 is 1.21 bits per heavy atom. The van der Waals surface area contributed by atoms with Gasteiger partial charge in [0.2, 0.25) is 5.91 Å². The van der Waals surface area contributed by atoms with Gasteiger partial charge in [-0.05, 0) is 37.8 Å². The molecule has 2 saturated carbocycles. The molecule has 0 spiro atoms.